The van der Waals surface area contributed by atoms with Crippen LogP contribution in [0.3, 0.4) is 0 Å². The zero-order chi connectivity index (χ0) is 26.4. The second kappa shape index (κ2) is 9.34. The summed E-state index contributed by atoms with van der Waals surface area (Å²) in [6, 6.07) is 21.0. The van der Waals surface area contributed by atoms with Crippen LogP contribution in [0.1, 0.15) is 36.5 Å². The highest BCUT2D eigenvalue weighted by atomic mass is 16.5. The van der Waals surface area contributed by atoms with Crippen LogP contribution < -0.4 is 10.1 Å². The average Bonchev–Trinajstić information content (AvgIpc) is 3.60. The van der Waals surface area contributed by atoms with Crippen molar-refractivity contribution in [3.05, 3.63) is 94.6 Å². The Bertz CT molecular complexity index is 1630. The molecule has 190 valence electrons. The number of carbonyl (C=O) groups is 2. The number of benzene rings is 3. The summed E-state index contributed by atoms with van der Waals surface area (Å²) in [7, 11) is 1.57. The number of aryl methyl sites for hydroxylation is 1. The van der Waals surface area contributed by atoms with Crippen LogP contribution in [-0.4, -0.2) is 35.4 Å². The van der Waals surface area contributed by atoms with E-state index < -0.39 is 0 Å². The highest BCUT2D eigenvalue weighted by Crippen LogP contribution is 2.44. The molecular weight excluding hydrogens is 478 g/mol. The van der Waals surface area contributed by atoms with E-state index in [4.69, 9.17) is 9.15 Å². The lowest BCUT2D eigenvalue weighted by atomic mass is 10.0. The molecule has 3 aromatic carbocycles. The minimum Gasteiger partial charge on any atom is -0.496 e. The van der Waals surface area contributed by atoms with E-state index in [1.807, 2.05) is 73.7 Å². The van der Waals surface area contributed by atoms with Crippen LogP contribution in [0, 0.1) is 6.92 Å². The van der Waals surface area contributed by atoms with Crippen molar-refractivity contribution >= 4 is 34.3 Å². The summed E-state index contributed by atoms with van der Waals surface area (Å²) in [6.07, 6.45) is 1.78. The Morgan fingerprint density at radius 2 is 1.74 bits per heavy atom. The van der Waals surface area contributed by atoms with Gasteiger partial charge >= 0.3 is 0 Å². The summed E-state index contributed by atoms with van der Waals surface area (Å²) in [6.45, 7) is 4.65. The number of unbranched alkanes of at least 4 members (excludes halogenated alkanes) is 1. The predicted molar refractivity (Wildman–Crippen MR) is 146 cm³/mol. The molecule has 1 N–H and O–H groups in total. The molecule has 0 saturated heterocycles. The van der Waals surface area contributed by atoms with Crippen LogP contribution in [-0.2, 0) is 9.59 Å². The van der Waals surface area contributed by atoms with Crippen LogP contribution in [0.4, 0.5) is 0 Å². The number of para-hydroxylation sites is 2. The molecule has 2 amide bonds. The Morgan fingerprint density at radius 1 is 0.974 bits per heavy atom. The minimum atomic E-state index is -0.278. The summed E-state index contributed by atoms with van der Waals surface area (Å²) in [4.78, 5) is 33.5. The van der Waals surface area contributed by atoms with E-state index >= 15 is 0 Å². The molecule has 7 nitrogen and oxygen atoms in total. The van der Waals surface area contributed by atoms with Crippen molar-refractivity contribution in [2.75, 3.05) is 13.7 Å². The van der Waals surface area contributed by atoms with Crippen molar-refractivity contribution in [2.45, 2.75) is 26.7 Å². The Morgan fingerprint density at radius 3 is 2.47 bits per heavy atom. The lowest BCUT2D eigenvalue weighted by molar-refractivity contribution is -0.123. The van der Waals surface area contributed by atoms with Gasteiger partial charge in [-0.1, -0.05) is 61.4 Å². The fourth-order valence-corrected chi connectivity index (χ4v) is 5.06. The lowest BCUT2D eigenvalue weighted by Gasteiger charge is -2.21. The molecule has 4 aromatic rings. The third-order valence-electron chi connectivity index (χ3n) is 7.01. The Labute approximate surface area is 220 Å². The lowest BCUT2D eigenvalue weighted by Crippen LogP contribution is -2.28. The van der Waals surface area contributed by atoms with Crippen molar-refractivity contribution in [3.63, 3.8) is 0 Å². The zero-order valence-electron chi connectivity index (χ0n) is 21.5. The van der Waals surface area contributed by atoms with Gasteiger partial charge in [0.05, 0.1) is 35.2 Å². The van der Waals surface area contributed by atoms with Crippen LogP contribution >= 0.6 is 0 Å². The van der Waals surface area contributed by atoms with Gasteiger partial charge in [-0.3, -0.25) is 9.59 Å². The third kappa shape index (κ3) is 3.78. The van der Waals surface area contributed by atoms with E-state index in [1.54, 1.807) is 12.0 Å². The van der Waals surface area contributed by atoms with Gasteiger partial charge in [0.15, 0.2) is 5.58 Å². The summed E-state index contributed by atoms with van der Waals surface area (Å²) in [5.74, 6) is 0.521. The number of carbonyl (C=O) groups excluding carboxylic acids is 2. The van der Waals surface area contributed by atoms with E-state index in [2.05, 4.69) is 17.2 Å². The zero-order valence-corrected chi connectivity index (χ0v) is 21.5. The number of nitrogens with zero attached hydrogens (tertiary/aromatic N) is 2. The molecule has 0 aliphatic carbocycles. The number of hydrogen-bond donors (Lipinski definition) is 1. The number of hydrogen-bond acceptors (Lipinski definition) is 5. The van der Waals surface area contributed by atoms with Crippen molar-refractivity contribution in [1.29, 1.82) is 0 Å². The number of oxazole rings is 1. The maximum absolute atomic E-state index is 13.8. The van der Waals surface area contributed by atoms with Gasteiger partial charge in [-0.05, 0) is 43.2 Å². The van der Waals surface area contributed by atoms with Gasteiger partial charge in [0.25, 0.3) is 11.8 Å². The molecule has 0 bridgehead atoms. The maximum Gasteiger partial charge on any atom is 0.261 e. The van der Waals surface area contributed by atoms with Gasteiger partial charge < -0.3 is 19.4 Å². The first kappa shape index (κ1) is 23.7. The van der Waals surface area contributed by atoms with Crippen LogP contribution in [0.25, 0.3) is 33.9 Å². The van der Waals surface area contributed by atoms with Crippen LogP contribution in [0.15, 0.2) is 82.3 Å². The highest BCUT2D eigenvalue weighted by Gasteiger charge is 2.45. The number of ether oxygens (including phenoxy) is 1. The summed E-state index contributed by atoms with van der Waals surface area (Å²) >= 11 is 0. The topological polar surface area (TPSA) is 84.7 Å². The van der Waals surface area contributed by atoms with E-state index in [0.29, 0.717) is 57.4 Å². The Kier molecular flexibility index (Phi) is 5.83. The number of methoxy groups -OCH3 is 1. The number of aromatic nitrogens is 1. The Hall–Kier alpha value is -4.65. The Balaban J connectivity index is 1.48. The molecule has 38 heavy (non-hydrogen) atoms. The molecule has 0 saturated carbocycles. The molecule has 0 spiro atoms. The number of amides is 2. The number of nitrogens with one attached hydrogen (secondary N) is 1. The molecule has 0 radical (unpaired) electrons. The summed E-state index contributed by atoms with van der Waals surface area (Å²) in [5.41, 5.74) is 6.74. The van der Waals surface area contributed by atoms with Gasteiger partial charge in [0.1, 0.15) is 11.3 Å². The molecule has 1 aromatic heterocycles. The largest absolute Gasteiger partial charge is 0.496 e. The fourth-order valence-electron chi connectivity index (χ4n) is 5.06. The highest BCUT2D eigenvalue weighted by molar-refractivity contribution is 6.30. The monoisotopic (exact) mass is 505 g/mol. The van der Waals surface area contributed by atoms with E-state index in [9.17, 15) is 9.59 Å². The normalized spacial score (nSPS) is 15.1. The van der Waals surface area contributed by atoms with Gasteiger partial charge in [0.2, 0.25) is 5.89 Å². The second-order valence-electron chi connectivity index (χ2n) is 9.51. The van der Waals surface area contributed by atoms with Gasteiger partial charge in [-0.25, -0.2) is 4.98 Å². The molecule has 2 aliphatic heterocycles. The summed E-state index contributed by atoms with van der Waals surface area (Å²) < 4.78 is 11.6. The molecule has 6 rings (SSSR count). The third-order valence-corrected chi connectivity index (χ3v) is 7.01. The first-order valence-corrected chi connectivity index (χ1v) is 12.7. The van der Waals surface area contributed by atoms with Gasteiger partial charge in [0, 0.05) is 12.1 Å². The fraction of sp³-hybridized carbons (Fsp3) is 0.194. The molecule has 7 heteroatoms. The van der Waals surface area contributed by atoms with Crippen LogP contribution in [0.5, 0.6) is 5.75 Å². The summed E-state index contributed by atoms with van der Waals surface area (Å²) in [5, 5.41) is 2.96. The molecule has 3 heterocycles. The molecule has 0 fully saturated rings. The SMILES string of the molecule is CCCCN1C(=O)C2=C(c3ccc(-c4nc5ccccc5o4)c(OC)c3)NC(=O)C2=C1c1ccc(C)cc1. The molecule has 0 atom stereocenters. The predicted octanol–water partition coefficient (Wildman–Crippen LogP) is 5.71. The van der Waals surface area contributed by atoms with Gasteiger partial charge in [-0.2, -0.15) is 0 Å². The van der Waals surface area contributed by atoms with Crippen molar-refractivity contribution in [3.8, 4) is 17.2 Å². The van der Waals surface area contributed by atoms with Gasteiger partial charge in [-0.15, -0.1) is 0 Å². The van der Waals surface area contributed by atoms with E-state index in [1.165, 1.54) is 0 Å². The maximum atomic E-state index is 13.8. The number of fused-ring (bicyclic) bond motifs is 2. The van der Waals surface area contributed by atoms with Crippen molar-refractivity contribution < 1.29 is 18.7 Å². The molecule has 2 aliphatic rings. The van der Waals surface area contributed by atoms with E-state index in [-0.39, 0.29) is 11.8 Å². The van der Waals surface area contributed by atoms with Crippen molar-refractivity contribution in [2.24, 2.45) is 0 Å². The van der Waals surface area contributed by atoms with Crippen molar-refractivity contribution in [1.82, 2.24) is 15.2 Å². The number of rotatable bonds is 7. The molecular formula is C31H27N3O4. The quantitative estimate of drug-likeness (QED) is 0.348. The minimum absolute atomic E-state index is 0.167. The first-order chi connectivity index (χ1) is 18.5. The smallest absolute Gasteiger partial charge is 0.261 e. The molecule has 0 unspecified atom stereocenters. The second-order valence-corrected chi connectivity index (χ2v) is 9.51. The first-order valence-electron chi connectivity index (χ1n) is 12.7. The standard InChI is InChI=1S/C31H27N3O4/c1-4-5-16-34-28(19-12-10-18(2)11-13-19)26-25(31(34)36)27(33-29(26)35)20-14-15-21(24(17-20)37-3)30-32-22-8-6-7-9-23(22)38-30/h6-15,17H,4-5,16H2,1-3H3,(H,33,35). The van der Waals surface area contributed by atoms with Crippen LogP contribution in [0.2, 0.25) is 0 Å². The average molecular weight is 506 g/mol. The van der Waals surface area contributed by atoms with E-state index in [0.717, 1.165) is 29.5 Å².